The molecule has 2 aliphatic rings. The van der Waals surface area contributed by atoms with E-state index in [4.69, 9.17) is 5.73 Å². The van der Waals surface area contributed by atoms with Gasteiger partial charge in [0, 0.05) is 41.5 Å². The van der Waals surface area contributed by atoms with Crippen LogP contribution in [0.15, 0.2) is 12.3 Å². The second-order valence-electron chi connectivity index (χ2n) is 9.61. The van der Waals surface area contributed by atoms with E-state index in [0.29, 0.717) is 18.7 Å². The molecule has 5 nitrogen and oxygen atoms in total. The van der Waals surface area contributed by atoms with Gasteiger partial charge in [-0.1, -0.05) is 20.8 Å². The van der Waals surface area contributed by atoms with Crippen molar-refractivity contribution >= 4 is 11.6 Å². The molecule has 156 valence electrons. The Morgan fingerprint density at radius 1 is 1.39 bits per heavy atom. The highest BCUT2D eigenvalue weighted by Gasteiger charge is 2.56. The lowest BCUT2D eigenvalue weighted by Gasteiger charge is -2.36. The Bertz CT molecular complexity index is 772. The van der Waals surface area contributed by atoms with E-state index in [0.717, 1.165) is 18.1 Å². The lowest BCUT2D eigenvalue weighted by atomic mass is 9.70. The number of pyridine rings is 1. The van der Waals surface area contributed by atoms with E-state index in [1.165, 1.54) is 6.20 Å². The second-order valence-corrected chi connectivity index (χ2v) is 9.61. The molecular formula is C20H29F3N4O. The molecule has 0 aromatic carbocycles. The third-order valence-corrected chi connectivity index (χ3v) is 5.89. The van der Waals surface area contributed by atoms with Crippen molar-refractivity contribution in [3.05, 3.63) is 23.5 Å². The SMILES string of the molecule is CC(C)N1CC2(CC(C(N)=O)NC2CC(C)(C)C)c2cnc(C(F)(F)F)cc21. The van der Waals surface area contributed by atoms with E-state index in [-0.39, 0.29) is 17.5 Å². The maximum absolute atomic E-state index is 13.3. The van der Waals surface area contributed by atoms with Gasteiger partial charge in [-0.05, 0) is 38.2 Å². The first kappa shape index (κ1) is 20.9. The number of rotatable bonds is 3. The highest BCUT2D eigenvalue weighted by atomic mass is 19.4. The van der Waals surface area contributed by atoms with Crippen molar-refractivity contribution in [1.82, 2.24) is 10.3 Å². The van der Waals surface area contributed by atoms with Crippen molar-refractivity contribution < 1.29 is 18.0 Å². The third-order valence-electron chi connectivity index (χ3n) is 5.89. The summed E-state index contributed by atoms with van der Waals surface area (Å²) < 4.78 is 39.8. The number of hydrogen-bond donors (Lipinski definition) is 2. The number of anilines is 1. The van der Waals surface area contributed by atoms with Crippen LogP contribution in [0.3, 0.4) is 0 Å². The summed E-state index contributed by atoms with van der Waals surface area (Å²) in [5.41, 5.74) is 5.51. The summed E-state index contributed by atoms with van der Waals surface area (Å²) in [4.78, 5) is 17.7. The van der Waals surface area contributed by atoms with Crippen LogP contribution in [0, 0.1) is 5.41 Å². The van der Waals surface area contributed by atoms with Crippen LogP contribution in [-0.4, -0.2) is 35.6 Å². The molecule has 1 spiro atoms. The van der Waals surface area contributed by atoms with Gasteiger partial charge in [-0.15, -0.1) is 0 Å². The maximum Gasteiger partial charge on any atom is 0.433 e. The number of hydrogen-bond acceptors (Lipinski definition) is 4. The van der Waals surface area contributed by atoms with Crippen molar-refractivity contribution in [2.75, 3.05) is 11.4 Å². The predicted molar refractivity (Wildman–Crippen MR) is 102 cm³/mol. The Kier molecular flexibility index (Phi) is 4.93. The number of primary amides is 1. The summed E-state index contributed by atoms with van der Waals surface area (Å²) in [5.74, 6) is -0.430. The van der Waals surface area contributed by atoms with Crippen molar-refractivity contribution in [3.63, 3.8) is 0 Å². The molecule has 3 unspecified atom stereocenters. The molecule has 2 aliphatic heterocycles. The van der Waals surface area contributed by atoms with Gasteiger partial charge in [-0.25, -0.2) is 0 Å². The molecule has 1 amide bonds. The number of alkyl halides is 3. The van der Waals surface area contributed by atoms with Gasteiger partial charge in [0.1, 0.15) is 5.69 Å². The topological polar surface area (TPSA) is 71.2 Å². The number of fused-ring (bicyclic) bond motifs is 2. The number of nitrogens with one attached hydrogen (secondary N) is 1. The number of nitrogens with two attached hydrogens (primary N) is 1. The average molecular weight is 398 g/mol. The Morgan fingerprint density at radius 2 is 2.04 bits per heavy atom. The number of nitrogens with zero attached hydrogens (tertiary/aromatic N) is 2. The van der Waals surface area contributed by atoms with Crippen molar-refractivity contribution in [2.45, 2.75) is 77.2 Å². The molecule has 1 saturated heterocycles. The largest absolute Gasteiger partial charge is 0.433 e. The molecule has 0 radical (unpaired) electrons. The fourth-order valence-corrected chi connectivity index (χ4v) is 4.65. The van der Waals surface area contributed by atoms with Crippen LogP contribution in [0.2, 0.25) is 0 Å². The van der Waals surface area contributed by atoms with Gasteiger partial charge in [0.2, 0.25) is 5.91 Å². The predicted octanol–water partition coefficient (Wildman–Crippen LogP) is 3.22. The van der Waals surface area contributed by atoms with Crippen LogP contribution in [0.5, 0.6) is 0 Å². The van der Waals surface area contributed by atoms with E-state index in [1.54, 1.807) is 0 Å². The third kappa shape index (κ3) is 3.58. The first-order valence-electron chi connectivity index (χ1n) is 9.64. The lowest BCUT2D eigenvalue weighted by Crippen LogP contribution is -2.47. The van der Waals surface area contributed by atoms with E-state index in [1.807, 2.05) is 18.7 Å². The van der Waals surface area contributed by atoms with Crippen molar-refractivity contribution in [2.24, 2.45) is 11.1 Å². The normalized spacial score (nSPS) is 27.7. The molecule has 3 rings (SSSR count). The molecule has 3 N–H and O–H groups in total. The van der Waals surface area contributed by atoms with Crippen LogP contribution < -0.4 is 16.0 Å². The fraction of sp³-hybridized carbons (Fsp3) is 0.700. The molecule has 3 heterocycles. The van der Waals surface area contributed by atoms with Gasteiger partial charge in [0.15, 0.2) is 0 Å². The second kappa shape index (κ2) is 6.61. The van der Waals surface area contributed by atoms with Crippen molar-refractivity contribution in [1.29, 1.82) is 0 Å². The summed E-state index contributed by atoms with van der Waals surface area (Å²) in [7, 11) is 0. The molecular weight excluding hydrogens is 369 g/mol. The van der Waals surface area contributed by atoms with E-state index in [9.17, 15) is 18.0 Å². The van der Waals surface area contributed by atoms with Crippen molar-refractivity contribution in [3.8, 4) is 0 Å². The maximum atomic E-state index is 13.3. The summed E-state index contributed by atoms with van der Waals surface area (Å²) in [6, 6.07) is 0.584. The smallest absolute Gasteiger partial charge is 0.368 e. The molecule has 8 heteroatoms. The fourth-order valence-electron chi connectivity index (χ4n) is 4.65. The number of halogens is 3. The minimum atomic E-state index is -4.50. The van der Waals surface area contributed by atoms with Gasteiger partial charge >= 0.3 is 6.18 Å². The number of carbonyl (C=O) groups is 1. The number of aromatic nitrogens is 1. The summed E-state index contributed by atoms with van der Waals surface area (Å²) in [5, 5.41) is 3.37. The first-order valence-corrected chi connectivity index (χ1v) is 9.64. The Morgan fingerprint density at radius 3 is 2.54 bits per heavy atom. The number of amides is 1. The molecule has 1 fully saturated rings. The quantitative estimate of drug-likeness (QED) is 0.820. The van der Waals surface area contributed by atoms with Crippen LogP contribution in [-0.2, 0) is 16.4 Å². The lowest BCUT2D eigenvalue weighted by molar-refractivity contribution is -0.141. The minimum Gasteiger partial charge on any atom is -0.368 e. The van der Waals surface area contributed by atoms with Gasteiger partial charge in [-0.3, -0.25) is 9.78 Å². The highest BCUT2D eigenvalue weighted by Crippen LogP contribution is 2.52. The van der Waals surface area contributed by atoms with E-state index >= 15 is 0 Å². The van der Waals surface area contributed by atoms with E-state index < -0.39 is 29.2 Å². The zero-order chi connectivity index (χ0) is 21.1. The van der Waals surface area contributed by atoms with Crippen LogP contribution in [0.25, 0.3) is 0 Å². The average Bonchev–Trinajstić information content (AvgIpc) is 3.05. The van der Waals surface area contributed by atoms with Gasteiger partial charge in [-0.2, -0.15) is 13.2 Å². The van der Waals surface area contributed by atoms with Gasteiger partial charge in [0.05, 0.1) is 6.04 Å². The Balaban J connectivity index is 2.13. The molecule has 0 aliphatic carbocycles. The zero-order valence-corrected chi connectivity index (χ0v) is 17.0. The Labute approximate surface area is 163 Å². The summed E-state index contributed by atoms with van der Waals surface area (Å²) in [6.45, 7) is 10.8. The van der Waals surface area contributed by atoms with E-state index in [2.05, 4.69) is 31.1 Å². The molecule has 1 aromatic rings. The first-order chi connectivity index (χ1) is 12.7. The Hall–Kier alpha value is -1.83. The molecule has 0 bridgehead atoms. The summed E-state index contributed by atoms with van der Waals surface area (Å²) in [6.07, 6.45) is -1.90. The van der Waals surface area contributed by atoms with Crippen LogP contribution >= 0.6 is 0 Å². The minimum absolute atomic E-state index is 0.0181. The summed E-state index contributed by atoms with van der Waals surface area (Å²) >= 11 is 0. The molecule has 0 saturated carbocycles. The zero-order valence-electron chi connectivity index (χ0n) is 17.0. The van der Waals surface area contributed by atoms with Gasteiger partial charge in [0.25, 0.3) is 0 Å². The van der Waals surface area contributed by atoms with Crippen LogP contribution in [0.4, 0.5) is 18.9 Å². The van der Waals surface area contributed by atoms with Gasteiger partial charge < -0.3 is 16.0 Å². The monoisotopic (exact) mass is 398 g/mol. The standard InChI is InChI=1S/C20H29F3N4O/c1-11(2)27-10-19(12-9-25-15(6-14(12)27)20(21,22)23)7-13(17(24)28)26-16(19)8-18(3,4)5/h6,9,11,13,16,26H,7-8,10H2,1-5H3,(H2,24,28). The number of carbonyl (C=O) groups excluding carboxylic acids is 1. The molecule has 3 atom stereocenters. The van der Waals surface area contributed by atoms with Crippen LogP contribution in [0.1, 0.15) is 58.7 Å². The molecule has 1 aromatic heterocycles. The highest BCUT2D eigenvalue weighted by molar-refractivity contribution is 5.81. The molecule has 28 heavy (non-hydrogen) atoms.